The summed E-state index contributed by atoms with van der Waals surface area (Å²) in [6, 6.07) is -0.980. The van der Waals surface area contributed by atoms with Gasteiger partial charge in [0.05, 0.1) is 32.0 Å². The van der Waals surface area contributed by atoms with Gasteiger partial charge in [-0.25, -0.2) is 0 Å². The smallest absolute Gasteiger partial charge is 0.220 e. The second-order valence-electron chi connectivity index (χ2n) is 22.9. The molecule has 2 aliphatic heterocycles. The van der Waals surface area contributed by atoms with Crippen molar-refractivity contribution in [1.82, 2.24) is 5.32 Å². The lowest BCUT2D eigenvalue weighted by atomic mass is 9.97. The summed E-state index contributed by atoms with van der Waals surface area (Å²) in [4.78, 5) is 13.2. The number of nitrogens with one attached hydrogen (secondary N) is 1. The van der Waals surface area contributed by atoms with Crippen LogP contribution in [0.25, 0.3) is 0 Å². The van der Waals surface area contributed by atoms with Crippen molar-refractivity contribution in [2.75, 3.05) is 19.8 Å². The van der Waals surface area contributed by atoms with Crippen molar-refractivity contribution in [3.05, 3.63) is 97.2 Å². The Kier molecular flexibility index (Phi) is 48.7. The average molecular weight is 1170 g/mol. The maximum absolute atomic E-state index is 13.2. The number of ether oxygens (including phenoxy) is 4. The van der Waals surface area contributed by atoms with Gasteiger partial charge in [0, 0.05) is 6.42 Å². The molecule has 0 radical (unpaired) electrons. The number of allylic oxidation sites excluding steroid dienone is 15. The number of unbranched alkanes of at least 4 members (excludes halogenated alkanes) is 25. The van der Waals surface area contributed by atoms with Crippen molar-refractivity contribution >= 4 is 5.91 Å². The van der Waals surface area contributed by atoms with Gasteiger partial charge < -0.3 is 65.1 Å². The third-order valence-corrected chi connectivity index (χ3v) is 15.5. The second kappa shape index (κ2) is 53.2. The fourth-order valence-corrected chi connectivity index (χ4v) is 10.3. The first-order valence-electron chi connectivity index (χ1n) is 33.0. The van der Waals surface area contributed by atoms with Crippen LogP contribution in [0.3, 0.4) is 0 Å². The monoisotopic (exact) mass is 1170 g/mol. The Labute approximate surface area is 503 Å². The fraction of sp³-hybridized carbons (Fsp3) is 0.754. The maximum atomic E-state index is 13.2. The summed E-state index contributed by atoms with van der Waals surface area (Å²) in [5.41, 5.74) is 0. The Balaban J connectivity index is 1.74. The fourth-order valence-electron chi connectivity index (χ4n) is 10.3. The van der Waals surface area contributed by atoms with Crippen molar-refractivity contribution < 1.29 is 64.6 Å². The lowest BCUT2D eigenvalue weighted by Crippen LogP contribution is -2.65. The molecule has 2 saturated heterocycles. The van der Waals surface area contributed by atoms with Gasteiger partial charge in [-0.3, -0.25) is 4.79 Å². The lowest BCUT2D eigenvalue weighted by Gasteiger charge is -2.46. The predicted octanol–water partition coefficient (Wildman–Crippen LogP) is 12.6. The van der Waals surface area contributed by atoms with Crippen LogP contribution in [-0.2, 0) is 23.7 Å². The van der Waals surface area contributed by atoms with E-state index in [9.17, 15) is 45.6 Å². The van der Waals surface area contributed by atoms with E-state index in [1.54, 1.807) is 6.08 Å². The summed E-state index contributed by atoms with van der Waals surface area (Å²) in [6.07, 6.45) is 57.7. The second-order valence-corrected chi connectivity index (χ2v) is 22.9. The van der Waals surface area contributed by atoms with Gasteiger partial charge in [-0.1, -0.05) is 259 Å². The van der Waals surface area contributed by atoms with E-state index in [1.807, 2.05) is 18.2 Å². The molecular weight excluding hydrogens is 1050 g/mol. The Morgan fingerprint density at radius 1 is 0.446 bits per heavy atom. The number of hydrogen-bond acceptors (Lipinski definition) is 13. The molecule has 2 fully saturated rings. The largest absolute Gasteiger partial charge is 0.394 e. The molecule has 9 N–H and O–H groups in total. The van der Waals surface area contributed by atoms with Gasteiger partial charge in [-0.15, -0.1) is 0 Å². The van der Waals surface area contributed by atoms with E-state index in [-0.39, 0.29) is 18.9 Å². The molecule has 2 rings (SSSR count). The summed E-state index contributed by atoms with van der Waals surface area (Å²) in [5, 5.41) is 87.2. The summed E-state index contributed by atoms with van der Waals surface area (Å²) in [6.45, 7) is 2.62. The zero-order chi connectivity index (χ0) is 60.2. The first kappa shape index (κ1) is 76.0. The SMILES string of the molecule is CC/C=C\C/C=C\C/C=C\C/C=C\C/C=C\C/C=C\CCC(=O)NC(COC1OC(CO)C(OC2OC(CO)C(O)C(O)C2O)C(O)C1O)C(O)/C=C/CC/C=C/CCCCCCCCCCCCCCCCCCCCCCCCCC. The zero-order valence-electron chi connectivity index (χ0n) is 51.7. The number of aliphatic hydroxyl groups is 8. The Morgan fingerprint density at radius 3 is 1.31 bits per heavy atom. The quantitative estimate of drug-likeness (QED) is 0.0204. The van der Waals surface area contributed by atoms with Crippen LogP contribution < -0.4 is 5.32 Å². The molecule has 0 aromatic rings. The van der Waals surface area contributed by atoms with Crippen LogP contribution in [0.1, 0.15) is 239 Å². The van der Waals surface area contributed by atoms with E-state index in [1.165, 1.54) is 154 Å². The summed E-state index contributed by atoms with van der Waals surface area (Å²) in [7, 11) is 0. The number of carbonyl (C=O) groups excluding carboxylic acids is 1. The number of amides is 1. The van der Waals surface area contributed by atoms with E-state index in [2.05, 4.69) is 92.1 Å². The van der Waals surface area contributed by atoms with Crippen molar-refractivity contribution in [2.24, 2.45) is 0 Å². The van der Waals surface area contributed by atoms with Gasteiger partial charge >= 0.3 is 0 Å². The summed E-state index contributed by atoms with van der Waals surface area (Å²) < 4.78 is 22.7. The van der Waals surface area contributed by atoms with Crippen molar-refractivity contribution in [1.29, 1.82) is 0 Å². The number of carbonyl (C=O) groups is 1. The van der Waals surface area contributed by atoms with E-state index >= 15 is 0 Å². The van der Waals surface area contributed by atoms with Crippen LogP contribution >= 0.6 is 0 Å². The third kappa shape index (κ3) is 37.9. The van der Waals surface area contributed by atoms with E-state index in [0.717, 1.165) is 51.4 Å². The zero-order valence-corrected chi connectivity index (χ0v) is 51.7. The van der Waals surface area contributed by atoms with Gasteiger partial charge in [-0.05, 0) is 70.6 Å². The maximum Gasteiger partial charge on any atom is 0.220 e. The topological polar surface area (TPSA) is 228 Å². The molecule has 2 heterocycles. The molecule has 12 unspecified atom stereocenters. The van der Waals surface area contributed by atoms with E-state index in [0.29, 0.717) is 12.8 Å². The molecule has 0 spiro atoms. The first-order valence-corrected chi connectivity index (χ1v) is 33.0. The summed E-state index contributed by atoms with van der Waals surface area (Å²) in [5.74, 6) is -0.333. The standard InChI is InChI=1S/C69H119NO13/c1-3-5-7-9-11-13-15-17-19-21-23-24-25-26-27-28-29-30-31-32-33-35-36-38-40-42-44-46-48-50-52-58(73)57(70-61(74)53-51-49-47-45-43-41-39-37-34-22-20-18-16-14-12-10-8-6-4-2)56-80-68-66(79)64(77)67(60(55-72)82-68)83-69-65(78)63(76)62(75)59(54-71)81-69/h6,8,12,14,18,20,34,37,41-44,47,49-50,52,57-60,62-69,71-73,75-79H,3-5,7,9-11,13,15-17,19,21-33,35-36,38-40,45-46,48,51,53-56H2,1-2H3,(H,70,74)/b8-6-,14-12-,20-18-,37-34-,43-41-,44-42+,49-47-,52-50+. The molecule has 0 aromatic carbocycles. The predicted molar refractivity (Wildman–Crippen MR) is 336 cm³/mol. The lowest BCUT2D eigenvalue weighted by molar-refractivity contribution is -0.359. The first-order chi connectivity index (χ1) is 40.6. The molecule has 14 heteroatoms. The van der Waals surface area contributed by atoms with Crippen LogP contribution in [0.15, 0.2) is 97.2 Å². The highest BCUT2D eigenvalue weighted by Crippen LogP contribution is 2.30. The molecular formula is C69H119NO13. The minimum Gasteiger partial charge on any atom is -0.394 e. The van der Waals surface area contributed by atoms with Crippen molar-refractivity contribution in [2.45, 2.75) is 312 Å². The number of aliphatic hydroxyl groups excluding tert-OH is 8. The van der Waals surface area contributed by atoms with Crippen LogP contribution in [0.2, 0.25) is 0 Å². The molecule has 478 valence electrons. The number of rotatable bonds is 52. The summed E-state index contributed by atoms with van der Waals surface area (Å²) >= 11 is 0. The highest BCUT2D eigenvalue weighted by Gasteiger charge is 2.51. The average Bonchev–Trinajstić information content (AvgIpc) is 3.64. The molecule has 14 nitrogen and oxygen atoms in total. The Morgan fingerprint density at radius 2 is 0.843 bits per heavy atom. The molecule has 83 heavy (non-hydrogen) atoms. The van der Waals surface area contributed by atoms with Crippen LogP contribution in [0.5, 0.6) is 0 Å². The number of hydrogen-bond donors (Lipinski definition) is 9. The minimum absolute atomic E-state index is 0.143. The van der Waals surface area contributed by atoms with Gasteiger partial charge in [0.15, 0.2) is 12.6 Å². The van der Waals surface area contributed by atoms with Crippen molar-refractivity contribution in [3.8, 4) is 0 Å². The van der Waals surface area contributed by atoms with E-state index in [4.69, 9.17) is 18.9 Å². The Hall–Kier alpha value is -3.09. The molecule has 0 saturated carbocycles. The van der Waals surface area contributed by atoms with Crippen molar-refractivity contribution in [3.63, 3.8) is 0 Å². The molecule has 0 aliphatic carbocycles. The highest BCUT2D eigenvalue weighted by atomic mass is 16.7. The van der Waals surface area contributed by atoms with E-state index < -0.39 is 86.8 Å². The molecule has 0 aromatic heterocycles. The van der Waals surface area contributed by atoms with Gasteiger partial charge in [-0.2, -0.15) is 0 Å². The van der Waals surface area contributed by atoms with Gasteiger partial charge in [0.25, 0.3) is 0 Å². The van der Waals surface area contributed by atoms with Gasteiger partial charge in [0.2, 0.25) is 5.91 Å². The van der Waals surface area contributed by atoms with Gasteiger partial charge in [0.1, 0.15) is 48.8 Å². The van der Waals surface area contributed by atoms with Crippen LogP contribution in [-0.4, -0.2) is 140 Å². The normalized spacial score (nSPS) is 24.5. The van der Waals surface area contributed by atoms with Crippen LogP contribution in [0, 0.1) is 0 Å². The molecule has 0 bridgehead atoms. The third-order valence-electron chi connectivity index (χ3n) is 15.5. The Bertz CT molecular complexity index is 1760. The highest BCUT2D eigenvalue weighted by molar-refractivity contribution is 5.76. The molecule has 2 aliphatic rings. The molecule has 12 atom stereocenters. The van der Waals surface area contributed by atoms with Crippen LogP contribution in [0.4, 0.5) is 0 Å². The molecule has 1 amide bonds. The minimum atomic E-state index is -1.80.